The molecule has 17 heavy (non-hydrogen) atoms. The van der Waals surface area contributed by atoms with Gasteiger partial charge in [-0.1, -0.05) is 31.5 Å². The van der Waals surface area contributed by atoms with E-state index in [1.807, 2.05) is 24.3 Å². The van der Waals surface area contributed by atoms with Crippen LogP contribution in [0.4, 0.5) is 0 Å². The second-order valence-corrected chi connectivity index (χ2v) is 4.34. The molecule has 0 N–H and O–H groups in total. The maximum absolute atomic E-state index is 11.8. The van der Waals surface area contributed by atoms with E-state index < -0.39 is 0 Å². The van der Waals surface area contributed by atoms with Gasteiger partial charge in [-0.3, -0.25) is 4.79 Å². The van der Waals surface area contributed by atoms with E-state index >= 15 is 0 Å². The minimum atomic E-state index is -0.151. The van der Waals surface area contributed by atoms with E-state index in [4.69, 9.17) is 9.47 Å². The van der Waals surface area contributed by atoms with Gasteiger partial charge in [-0.05, 0) is 24.5 Å². The Bertz CT molecular complexity index is 387. The van der Waals surface area contributed by atoms with Crippen LogP contribution in [-0.2, 0) is 16.0 Å². The molecule has 1 unspecified atom stereocenters. The molecule has 0 radical (unpaired) electrons. The third kappa shape index (κ3) is 2.99. The molecule has 1 aliphatic heterocycles. The summed E-state index contributed by atoms with van der Waals surface area (Å²) >= 11 is 0. The maximum atomic E-state index is 11.8. The summed E-state index contributed by atoms with van der Waals surface area (Å²) in [5.41, 5.74) is 1.09. The van der Waals surface area contributed by atoms with Gasteiger partial charge in [0, 0.05) is 0 Å². The predicted octanol–water partition coefficient (Wildman–Crippen LogP) is 2.58. The highest BCUT2D eigenvalue weighted by atomic mass is 16.5. The Morgan fingerprint density at radius 1 is 1.47 bits per heavy atom. The maximum Gasteiger partial charge on any atom is 0.312 e. The second kappa shape index (κ2) is 5.71. The van der Waals surface area contributed by atoms with Crippen LogP contribution in [0.5, 0.6) is 5.75 Å². The summed E-state index contributed by atoms with van der Waals surface area (Å²) in [6.07, 6.45) is 2.69. The number of esters is 1. The molecule has 0 spiro atoms. The number of carbonyl (C=O) groups is 1. The zero-order valence-corrected chi connectivity index (χ0v) is 10.1. The highest BCUT2D eigenvalue weighted by Crippen LogP contribution is 2.27. The van der Waals surface area contributed by atoms with Crippen molar-refractivity contribution in [3.05, 3.63) is 29.8 Å². The van der Waals surface area contributed by atoms with Crippen molar-refractivity contribution >= 4 is 5.97 Å². The Hall–Kier alpha value is -1.51. The number of carbonyl (C=O) groups excluding carboxylic acids is 1. The van der Waals surface area contributed by atoms with Crippen molar-refractivity contribution in [3.63, 3.8) is 0 Å². The van der Waals surface area contributed by atoms with E-state index in [1.165, 1.54) is 0 Å². The molecule has 2 rings (SSSR count). The van der Waals surface area contributed by atoms with Crippen molar-refractivity contribution in [2.24, 2.45) is 5.92 Å². The fraction of sp³-hybridized carbons (Fsp3) is 0.500. The molecule has 1 aromatic carbocycles. The molecule has 0 aromatic heterocycles. The van der Waals surface area contributed by atoms with Gasteiger partial charge in [-0.2, -0.15) is 0 Å². The third-order valence-electron chi connectivity index (χ3n) is 2.95. The molecule has 1 atom stereocenters. The van der Waals surface area contributed by atoms with E-state index in [1.54, 1.807) is 0 Å². The highest BCUT2D eigenvalue weighted by Gasteiger charge is 2.26. The lowest BCUT2D eigenvalue weighted by molar-refractivity contribution is -0.150. The van der Waals surface area contributed by atoms with Crippen LogP contribution < -0.4 is 4.74 Å². The van der Waals surface area contributed by atoms with E-state index in [2.05, 4.69) is 6.92 Å². The molecule has 0 aliphatic carbocycles. The average Bonchev–Trinajstić information content (AvgIpc) is 2.38. The Morgan fingerprint density at radius 2 is 2.29 bits per heavy atom. The average molecular weight is 234 g/mol. The number of fused-ring (bicyclic) bond motifs is 1. The highest BCUT2D eigenvalue weighted by molar-refractivity contribution is 5.73. The molecular formula is C14H18O3. The van der Waals surface area contributed by atoms with Crippen LogP contribution in [-0.4, -0.2) is 19.2 Å². The number of unbranched alkanes of at least 4 members (excludes halogenated alkanes) is 1. The first-order valence-corrected chi connectivity index (χ1v) is 6.18. The molecule has 0 amide bonds. The first-order valence-electron chi connectivity index (χ1n) is 6.18. The van der Waals surface area contributed by atoms with Crippen molar-refractivity contribution in [1.29, 1.82) is 0 Å². The SMILES string of the molecule is CCCCOC(=O)C1COc2ccccc2C1. The van der Waals surface area contributed by atoms with Gasteiger partial charge in [0.1, 0.15) is 12.4 Å². The molecule has 92 valence electrons. The molecule has 1 aromatic rings. The van der Waals surface area contributed by atoms with Gasteiger partial charge in [0.2, 0.25) is 0 Å². The van der Waals surface area contributed by atoms with Gasteiger partial charge in [0.25, 0.3) is 0 Å². The number of benzene rings is 1. The molecule has 0 fully saturated rings. The number of rotatable bonds is 4. The van der Waals surface area contributed by atoms with E-state index in [0.717, 1.165) is 30.6 Å². The first kappa shape index (κ1) is 12.0. The van der Waals surface area contributed by atoms with Crippen LogP contribution >= 0.6 is 0 Å². The summed E-state index contributed by atoms with van der Waals surface area (Å²) in [7, 11) is 0. The zero-order valence-electron chi connectivity index (χ0n) is 10.1. The second-order valence-electron chi connectivity index (χ2n) is 4.34. The summed E-state index contributed by atoms with van der Waals surface area (Å²) in [4.78, 5) is 11.8. The summed E-state index contributed by atoms with van der Waals surface area (Å²) in [5.74, 6) is 0.611. The van der Waals surface area contributed by atoms with Gasteiger partial charge in [0.05, 0.1) is 12.5 Å². The van der Waals surface area contributed by atoms with E-state index in [0.29, 0.717) is 13.2 Å². The van der Waals surface area contributed by atoms with Crippen LogP contribution in [0.2, 0.25) is 0 Å². The molecular weight excluding hydrogens is 216 g/mol. The summed E-state index contributed by atoms with van der Waals surface area (Å²) < 4.78 is 10.8. The first-order chi connectivity index (χ1) is 8.31. The lowest BCUT2D eigenvalue weighted by Crippen LogP contribution is -2.29. The van der Waals surface area contributed by atoms with Crippen LogP contribution in [0, 0.1) is 5.92 Å². The zero-order chi connectivity index (χ0) is 12.1. The van der Waals surface area contributed by atoms with Crippen LogP contribution in [0.3, 0.4) is 0 Å². The molecule has 0 bridgehead atoms. The van der Waals surface area contributed by atoms with Crippen LogP contribution in [0.1, 0.15) is 25.3 Å². The standard InChI is InChI=1S/C14H18O3/c1-2-3-8-16-14(15)12-9-11-6-4-5-7-13(11)17-10-12/h4-7,12H,2-3,8-10H2,1H3. The molecule has 3 heteroatoms. The summed E-state index contributed by atoms with van der Waals surface area (Å²) in [6, 6.07) is 7.85. The third-order valence-corrected chi connectivity index (χ3v) is 2.95. The molecule has 1 heterocycles. The fourth-order valence-electron chi connectivity index (χ4n) is 1.91. The number of ether oxygens (including phenoxy) is 2. The lowest BCUT2D eigenvalue weighted by atomic mass is 9.97. The Morgan fingerprint density at radius 3 is 3.12 bits per heavy atom. The number of hydrogen-bond acceptors (Lipinski definition) is 3. The quantitative estimate of drug-likeness (QED) is 0.593. The van der Waals surface area contributed by atoms with Crippen molar-refractivity contribution in [2.45, 2.75) is 26.2 Å². The lowest BCUT2D eigenvalue weighted by Gasteiger charge is -2.23. The normalized spacial score (nSPS) is 18.1. The van der Waals surface area contributed by atoms with Gasteiger partial charge >= 0.3 is 5.97 Å². The minimum Gasteiger partial charge on any atom is -0.492 e. The van der Waals surface area contributed by atoms with Gasteiger partial charge in [-0.25, -0.2) is 0 Å². The van der Waals surface area contributed by atoms with E-state index in [9.17, 15) is 4.79 Å². The number of hydrogen-bond donors (Lipinski definition) is 0. The topological polar surface area (TPSA) is 35.5 Å². The monoisotopic (exact) mass is 234 g/mol. The smallest absolute Gasteiger partial charge is 0.312 e. The van der Waals surface area contributed by atoms with Gasteiger partial charge in [-0.15, -0.1) is 0 Å². The van der Waals surface area contributed by atoms with Crippen molar-refractivity contribution < 1.29 is 14.3 Å². The largest absolute Gasteiger partial charge is 0.492 e. The number of para-hydroxylation sites is 1. The molecule has 1 aliphatic rings. The molecule has 0 saturated heterocycles. The van der Waals surface area contributed by atoms with Crippen LogP contribution in [0.15, 0.2) is 24.3 Å². The minimum absolute atomic E-state index is 0.132. The Labute approximate surface area is 102 Å². The Kier molecular flexibility index (Phi) is 4.02. The van der Waals surface area contributed by atoms with Crippen LogP contribution in [0.25, 0.3) is 0 Å². The fourth-order valence-corrected chi connectivity index (χ4v) is 1.91. The van der Waals surface area contributed by atoms with Gasteiger partial charge < -0.3 is 9.47 Å². The van der Waals surface area contributed by atoms with Crippen molar-refractivity contribution in [2.75, 3.05) is 13.2 Å². The van der Waals surface area contributed by atoms with E-state index in [-0.39, 0.29) is 11.9 Å². The van der Waals surface area contributed by atoms with Crippen molar-refractivity contribution in [3.8, 4) is 5.75 Å². The summed E-state index contributed by atoms with van der Waals surface area (Å²) in [5, 5.41) is 0. The predicted molar refractivity (Wildman–Crippen MR) is 65.0 cm³/mol. The van der Waals surface area contributed by atoms with Gasteiger partial charge in [0.15, 0.2) is 0 Å². The molecule has 0 saturated carbocycles. The molecule has 3 nitrogen and oxygen atoms in total. The van der Waals surface area contributed by atoms with Crippen molar-refractivity contribution in [1.82, 2.24) is 0 Å². The Balaban J connectivity index is 1.91. The summed E-state index contributed by atoms with van der Waals surface area (Å²) in [6.45, 7) is 3.03.